The van der Waals surface area contributed by atoms with Crippen LogP contribution in [0.25, 0.3) is 11.3 Å². The van der Waals surface area contributed by atoms with Crippen molar-refractivity contribution in [1.82, 2.24) is 24.0 Å². The van der Waals surface area contributed by atoms with Crippen LogP contribution < -0.4 is 10.1 Å². The van der Waals surface area contributed by atoms with E-state index in [0.29, 0.717) is 35.7 Å². The zero-order valence-corrected chi connectivity index (χ0v) is 19.4. The Morgan fingerprint density at radius 3 is 2.89 bits per heavy atom. The first-order valence-corrected chi connectivity index (χ1v) is 11.2. The molecule has 5 rings (SSSR count). The van der Waals surface area contributed by atoms with Crippen molar-refractivity contribution >= 4 is 22.9 Å². The number of amides is 1. The van der Waals surface area contributed by atoms with E-state index in [4.69, 9.17) is 4.74 Å². The van der Waals surface area contributed by atoms with Crippen LogP contribution in [-0.4, -0.2) is 29.9 Å². The molecule has 0 unspecified atom stereocenters. The highest BCUT2D eigenvalue weighted by molar-refractivity contribution is 5.91. The number of aryl methyl sites for hydroxylation is 2. The molecule has 35 heavy (non-hydrogen) atoms. The van der Waals surface area contributed by atoms with Crippen LogP contribution in [0.15, 0.2) is 61.1 Å². The monoisotopic (exact) mass is 465 g/mol. The van der Waals surface area contributed by atoms with Gasteiger partial charge >= 0.3 is 0 Å². The van der Waals surface area contributed by atoms with Crippen LogP contribution in [0.2, 0.25) is 0 Å². The predicted octanol–water partition coefficient (Wildman–Crippen LogP) is 4.02. The quantitative estimate of drug-likeness (QED) is 0.389. The average molecular weight is 466 g/mol. The van der Waals surface area contributed by atoms with E-state index in [1.165, 1.54) is 6.20 Å². The van der Waals surface area contributed by atoms with Crippen molar-refractivity contribution in [2.45, 2.75) is 33.3 Å². The van der Waals surface area contributed by atoms with Crippen LogP contribution in [0.4, 0.5) is 5.69 Å². The number of ether oxygens (including phenoxy) is 1. The number of nitrogens with one attached hydrogen (secondary N) is 1. The first-order valence-electron chi connectivity index (χ1n) is 11.2. The first kappa shape index (κ1) is 22.1. The Bertz CT molecular complexity index is 1560. The van der Waals surface area contributed by atoms with Gasteiger partial charge in [0.2, 0.25) is 5.91 Å². The summed E-state index contributed by atoms with van der Waals surface area (Å²) in [5.74, 6) is 0.535. The maximum Gasteiger partial charge on any atom is 0.224 e. The Labute approximate surface area is 201 Å². The van der Waals surface area contributed by atoms with E-state index < -0.39 is 0 Å². The number of pyridine rings is 1. The van der Waals surface area contributed by atoms with E-state index in [-0.39, 0.29) is 12.3 Å². The number of fused-ring (bicyclic) bond motifs is 2. The molecule has 0 radical (unpaired) electrons. The van der Waals surface area contributed by atoms with Gasteiger partial charge in [-0.15, -0.1) is 0 Å². The lowest BCUT2D eigenvalue weighted by atomic mass is 10.1. The van der Waals surface area contributed by atoms with E-state index in [2.05, 4.69) is 26.5 Å². The summed E-state index contributed by atoms with van der Waals surface area (Å²) >= 11 is 0. The van der Waals surface area contributed by atoms with Gasteiger partial charge in [-0.3, -0.25) is 4.79 Å². The van der Waals surface area contributed by atoms with Crippen molar-refractivity contribution in [3.8, 4) is 11.8 Å². The van der Waals surface area contributed by atoms with Crippen LogP contribution in [0.1, 0.15) is 34.6 Å². The van der Waals surface area contributed by atoms with Crippen molar-refractivity contribution < 1.29 is 9.53 Å². The maximum atomic E-state index is 12.7. The van der Waals surface area contributed by atoms with Crippen molar-refractivity contribution in [3.63, 3.8) is 0 Å². The molecule has 0 fully saturated rings. The number of hydrogen-bond acceptors (Lipinski definition) is 6. The number of carbonyl (C=O) groups excluding carboxylic acids is 1. The number of anilines is 1. The molecule has 4 aromatic heterocycles. The Morgan fingerprint density at radius 2 is 2.06 bits per heavy atom. The molecule has 174 valence electrons. The molecule has 1 amide bonds. The standard InChI is InChI=1S/C26H23N7O2/c1-17-23(18(2)33-26(29-17)19(13-27)14-28-33)9-10-25(34)31-20-6-5-7-22(12-20)35-16-21-15-32-11-4-3-8-24(32)30-21/h3-8,11-12,14-15H,9-10,16H2,1-2H3,(H,31,34). The number of imidazole rings is 1. The van der Waals surface area contributed by atoms with Gasteiger partial charge < -0.3 is 14.5 Å². The van der Waals surface area contributed by atoms with Gasteiger partial charge in [-0.2, -0.15) is 10.4 Å². The van der Waals surface area contributed by atoms with E-state index >= 15 is 0 Å². The van der Waals surface area contributed by atoms with Crippen LogP contribution in [0.3, 0.4) is 0 Å². The van der Waals surface area contributed by atoms with E-state index in [1.807, 2.05) is 67.0 Å². The summed E-state index contributed by atoms with van der Waals surface area (Å²) < 4.78 is 9.49. The summed E-state index contributed by atoms with van der Waals surface area (Å²) in [7, 11) is 0. The van der Waals surface area contributed by atoms with Crippen LogP contribution in [-0.2, 0) is 17.8 Å². The molecule has 0 aliphatic heterocycles. The summed E-state index contributed by atoms with van der Waals surface area (Å²) in [4.78, 5) is 21.7. The van der Waals surface area contributed by atoms with E-state index in [0.717, 1.165) is 28.3 Å². The average Bonchev–Trinajstić information content (AvgIpc) is 3.46. The molecular weight excluding hydrogens is 442 g/mol. The highest BCUT2D eigenvalue weighted by atomic mass is 16.5. The molecule has 9 nitrogen and oxygen atoms in total. The minimum Gasteiger partial charge on any atom is -0.487 e. The second kappa shape index (κ2) is 9.27. The summed E-state index contributed by atoms with van der Waals surface area (Å²) in [6.07, 6.45) is 6.18. The molecule has 0 atom stereocenters. The van der Waals surface area contributed by atoms with E-state index in [9.17, 15) is 10.1 Å². The van der Waals surface area contributed by atoms with Crippen LogP contribution >= 0.6 is 0 Å². The number of carbonyl (C=O) groups is 1. The second-order valence-corrected chi connectivity index (χ2v) is 8.23. The summed E-state index contributed by atoms with van der Waals surface area (Å²) in [6, 6.07) is 15.2. The minimum atomic E-state index is -0.112. The van der Waals surface area contributed by atoms with Gasteiger partial charge in [-0.25, -0.2) is 14.5 Å². The van der Waals surface area contributed by atoms with Gasteiger partial charge in [0.15, 0.2) is 5.65 Å². The van der Waals surface area contributed by atoms with E-state index in [1.54, 1.807) is 10.6 Å². The lowest BCUT2D eigenvalue weighted by Crippen LogP contribution is -2.14. The highest BCUT2D eigenvalue weighted by Crippen LogP contribution is 2.21. The molecule has 0 bridgehead atoms. The third-order valence-corrected chi connectivity index (χ3v) is 5.85. The zero-order valence-electron chi connectivity index (χ0n) is 19.4. The van der Waals surface area contributed by atoms with Gasteiger partial charge in [-0.1, -0.05) is 12.1 Å². The third kappa shape index (κ3) is 4.54. The van der Waals surface area contributed by atoms with Gasteiger partial charge in [0.25, 0.3) is 0 Å². The molecule has 0 spiro atoms. The minimum absolute atomic E-state index is 0.112. The molecule has 0 aliphatic rings. The Hall–Kier alpha value is -4.71. The van der Waals surface area contributed by atoms with Crippen molar-refractivity contribution in [2.24, 2.45) is 0 Å². The SMILES string of the molecule is Cc1nc2c(C#N)cnn2c(C)c1CCC(=O)Nc1cccc(OCc2cn3ccccc3n2)c1. The zero-order chi connectivity index (χ0) is 24.4. The fourth-order valence-electron chi connectivity index (χ4n) is 4.09. The maximum absolute atomic E-state index is 12.7. The van der Waals surface area contributed by atoms with Crippen molar-refractivity contribution in [1.29, 1.82) is 5.26 Å². The van der Waals surface area contributed by atoms with Gasteiger partial charge in [0.1, 0.15) is 29.6 Å². The lowest BCUT2D eigenvalue weighted by Gasteiger charge is -2.12. The lowest BCUT2D eigenvalue weighted by molar-refractivity contribution is -0.116. The molecule has 4 heterocycles. The topological polar surface area (TPSA) is 110 Å². The number of rotatable bonds is 7. The molecular formula is C26H23N7O2. The largest absolute Gasteiger partial charge is 0.487 e. The Kier molecular flexibility index (Phi) is 5.85. The molecule has 1 N–H and O–H groups in total. The third-order valence-electron chi connectivity index (χ3n) is 5.85. The van der Waals surface area contributed by atoms with Crippen LogP contribution in [0, 0.1) is 25.2 Å². The number of benzene rings is 1. The van der Waals surface area contributed by atoms with Gasteiger partial charge in [0, 0.05) is 42.0 Å². The highest BCUT2D eigenvalue weighted by Gasteiger charge is 2.15. The summed E-state index contributed by atoms with van der Waals surface area (Å²) in [6.45, 7) is 4.14. The molecule has 0 aliphatic carbocycles. The summed E-state index contributed by atoms with van der Waals surface area (Å²) in [5.41, 5.74) is 5.94. The summed E-state index contributed by atoms with van der Waals surface area (Å²) in [5, 5.41) is 16.4. The number of nitrogens with zero attached hydrogens (tertiary/aromatic N) is 6. The molecule has 0 saturated heterocycles. The number of nitriles is 1. The first-order chi connectivity index (χ1) is 17.0. The number of hydrogen-bond donors (Lipinski definition) is 1. The Balaban J connectivity index is 1.21. The van der Waals surface area contributed by atoms with Crippen molar-refractivity contribution in [2.75, 3.05) is 5.32 Å². The normalized spacial score (nSPS) is 11.0. The van der Waals surface area contributed by atoms with Gasteiger partial charge in [-0.05, 0) is 50.1 Å². The molecule has 1 aromatic carbocycles. The molecule has 0 saturated carbocycles. The predicted molar refractivity (Wildman–Crippen MR) is 130 cm³/mol. The fraction of sp³-hybridized carbons (Fsp3) is 0.192. The second-order valence-electron chi connectivity index (χ2n) is 8.23. The fourth-order valence-corrected chi connectivity index (χ4v) is 4.09. The molecule has 9 heteroatoms. The van der Waals surface area contributed by atoms with Crippen molar-refractivity contribution in [3.05, 3.63) is 89.3 Å². The van der Waals surface area contributed by atoms with Gasteiger partial charge in [0.05, 0.1) is 11.9 Å². The molecule has 5 aromatic rings. The number of aromatic nitrogens is 5. The van der Waals surface area contributed by atoms with Crippen LogP contribution in [0.5, 0.6) is 5.75 Å². The Morgan fingerprint density at radius 1 is 1.17 bits per heavy atom. The smallest absolute Gasteiger partial charge is 0.224 e.